The lowest BCUT2D eigenvalue weighted by Gasteiger charge is -2.33. The normalized spacial score (nSPS) is 22.5. The van der Waals surface area contributed by atoms with Crippen LogP contribution in [0, 0.1) is 0 Å². The van der Waals surface area contributed by atoms with Crippen LogP contribution in [0.5, 0.6) is 0 Å². The number of thioether (sulfide) groups is 2. The molecule has 0 aromatic heterocycles. The summed E-state index contributed by atoms with van der Waals surface area (Å²) in [5.74, 6) is 0. The SMILES string of the molecule is O=C(N[C@@H](SC1CCCCC1)C(Cl)(Cl)Cl)N[C@@H](SC1CCCCC1)C(Cl)(Cl)Cl. The van der Waals surface area contributed by atoms with E-state index >= 15 is 0 Å². The maximum absolute atomic E-state index is 12.6. The quantitative estimate of drug-likeness (QED) is 0.262. The van der Waals surface area contributed by atoms with Crippen LogP contribution in [0.1, 0.15) is 64.2 Å². The van der Waals surface area contributed by atoms with Gasteiger partial charge >= 0.3 is 6.03 Å². The van der Waals surface area contributed by atoms with Crippen molar-refractivity contribution in [3.05, 3.63) is 0 Å². The highest BCUT2D eigenvalue weighted by Gasteiger charge is 2.40. The zero-order valence-corrected chi connectivity index (χ0v) is 21.5. The van der Waals surface area contributed by atoms with Crippen LogP contribution in [-0.4, -0.2) is 34.9 Å². The molecule has 164 valence electrons. The molecule has 0 saturated heterocycles. The van der Waals surface area contributed by atoms with Crippen molar-refractivity contribution in [3.63, 3.8) is 0 Å². The Bertz CT molecular complexity index is 449. The molecule has 0 radical (unpaired) electrons. The van der Waals surface area contributed by atoms with E-state index in [-0.39, 0.29) is 0 Å². The standard InChI is InChI=1S/C17H26Cl6N2OS2/c18-16(19,20)13(27-11-7-3-1-4-8-11)24-15(26)25-14(17(21,22)23)28-12-9-5-2-6-10-12/h11-14H,1-10H2,(H2,24,25,26)/t13-,14-/m0/s1. The summed E-state index contributed by atoms with van der Waals surface area (Å²) in [6.07, 6.45) is 11.3. The van der Waals surface area contributed by atoms with Crippen molar-refractivity contribution in [3.8, 4) is 0 Å². The molecule has 2 aliphatic rings. The number of amides is 2. The van der Waals surface area contributed by atoms with E-state index < -0.39 is 24.4 Å². The van der Waals surface area contributed by atoms with Crippen molar-refractivity contribution in [1.82, 2.24) is 10.6 Å². The summed E-state index contributed by atoms with van der Waals surface area (Å²) in [6.45, 7) is 0. The topological polar surface area (TPSA) is 41.1 Å². The Labute approximate surface area is 206 Å². The number of urea groups is 1. The first-order chi connectivity index (χ1) is 13.1. The lowest BCUT2D eigenvalue weighted by Crippen LogP contribution is -2.52. The highest BCUT2D eigenvalue weighted by Crippen LogP contribution is 2.42. The molecule has 11 heteroatoms. The number of hydrogen-bond acceptors (Lipinski definition) is 3. The average Bonchev–Trinajstić information content (AvgIpc) is 2.61. The van der Waals surface area contributed by atoms with Gasteiger partial charge < -0.3 is 10.6 Å². The Hall–Kier alpha value is 1.71. The zero-order chi connectivity index (χ0) is 20.8. The largest absolute Gasteiger partial charge is 0.322 e. The maximum Gasteiger partial charge on any atom is 0.316 e. The van der Waals surface area contributed by atoms with E-state index in [0.717, 1.165) is 51.4 Å². The van der Waals surface area contributed by atoms with Crippen LogP contribution in [0.4, 0.5) is 4.79 Å². The van der Waals surface area contributed by atoms with Gasteiger partial charge in [0.2, 0.25) is 7.59 Å². The fourth-order valence-corrected chi connectivity index (χ4v) is 7.35. The number of nitrogens with one attached hydrogen (secondary N) is 2. The molecule has 2 aliphatic carbocycles. The molecule has 0 heterocycles. The number of halogens is 6. The van der Waals surface area contributed by atoms with Gasteiger partial charge in [-0.1, -0.05) is 108 Å². The van der Waals surface area contributed by atoms with E-state index in [1.165, 1.54) is 36.4 Å². The molecule has 2 amide bonds. The number of carbonyl (C=O) groups is 1. The molecular formula is C17H26Cl6N2OS2. The van der Waals surface area contributed by atoms with Crippen molar-refractivity contribution in [2.24, 2.45) is 0 Å². The van der Waals surface area contributed by atoms with Gasteiger partial charge in [0.1, 0.15) is 10.7 Å². The van der Waals surface area contributed by atoms with Crippen LogP contribution in [-0.2, 0) is 0 Å². The summed E-state index contributed by atoms with van der Waals surface area (Å²) in [4.78, 5) is 12.6. The maximum atomic E-state index is 12.6. The summed E-state index contributed by atoms with van der Waals surface area (Å²) >= 11 is 39.8. The zero-order valence-electron chi connectivity index (χ0n) is 15.4. The van der Waals surface area contributed by atoms with Crippen molar-refractivity contribution < 1.29 is 4.79 Å². The first kappa shape index (κ1) is 26.0. The summed E-state index contributed by atoms with van der Waals surface area (Å²) in [7, 11) is 0. The van der Waals surface area contributed by atoms with E-state index in [1.54, 1.807) is 0 Å². The lowest BCUT2D eigenvalue weighted by atomic mass is 10.0. The molecule has 2 saturated carbocycles. The summed E-state index contributed by atoms with van der Waals surface area (Å²) < 4.78 is -3.27. The molecule has 3 nitrogen and oxygen atoms in total. The summed E-state index contributed by atoms with van der Waals surface area (Å²) in [6, 6.07) is -0.501. The van der Waals surface area contributed by atoms with Gasteiger partial charge in [-0.2, -0.15) is 0 Å². The van der Waals surface area contributed by atoms with Gasteiger partial charge in [0.05, 0.1) is 0 Å². The fraction of sp³-hybridized carbons (Fsp3) is 0.941. The van der Waals surface area contributed by atoms with Crippen LogP contribution in [0.25, 0.3) is 0 Å². The molecule has 0 aliphatic heterocycles. The Morgan fingerprint density at radius 3 is 1.29 bits per heavy atom. The van der Waals surface area contributed by atoms with E-state index in [1.807, 2.05) is 0 Å². The molecule has 2 atom stereocenters. The molecule has 28 heavy (non-hydrogen) atoms. The Kier molecular flexibility index (Phi) is 11.2. The van der Waals surface area contributed by atoms with Crippen molar-refractivity contribution in [2.45, 2.75) is 93.0 Å². The van der Waals surface area contributed by atoms with E-state index in [0.29, 0.717) is 10.5 Å². The third-order valence-electron chi connectivity index (χ3n) is 4.88. The van der Waals surface area contributed by atoms with Crippen LogP contribution < -0.4 is 10.6 Å². The van der Waals surface area contributed by atoms with Gasteiger partial charge in [-0.3, -0.25) is 0 Å². The molecule has 2 fully saturated rings. The molecule has 2 N–H and O–H groups in total. The van der Waals surface area contributed by atoms with Gasteiger partial charge in [0.15, 0.2) is 0 Å². The lowest BCUT2D eigenvalue weighted by molar-refractivity contribution is 0.239. The molecular weight excluding hydrogens is 525 g/mol. The van der Waals surface area contributed by atoms with E-state index in [4.69, 9.17) is 69.6 Å². The highest BCUT2D eigenvalue weighted by molar-refractivity contribution is 8.01. The number of rotatable bonds is 6. The number of hydrogen-bond donors (Lipinski definition) is 2. The van der Waals surface area contributed by atoms with Gasteiger partial charge in [0.25, 0.3) is 0 Å². The predicted octanol–water partition coefficient (Wildman–Crippen LogP) is 7.81. The minimum Gasteiger partial charge on any atom is -0.322 e. The molecule has 0 bridgehead atoms. The van der Waals surface area contributed by atoms with Gasteiger partial charge in [-0.15, -0.1) is 23.5 Å². The van der Waals surface area contributed by atoms with Crippen LogP contribution in [0.3, 0.4) is 0 Å². The van der Waals surface area contributed by atoms with Gasteiger partial charge in [-0.05, 0) is 25.7 Å². The van der Waals surface area contributed by atoms with E-state index in [9.17, 15) is 4.79 Å². The second kappa shape index (κ2) is 12.1. The van der Waals surface area contributed by atoms with Crippen molar-refractivity contribution >= 4 is 99.2 Å². The van der Waals surface area contributed by atoms with Crippen LogP contribution in [0.15, 0.2) is 0 Å². The van der Waals surface area contributed by atoms with Gasteiger partial charge in [0, 0.05) is 10.5 Å². The minimum atomic E-state index is -1.63. The third kappa shape index (κ3) is 9.46. The third-order valence-corrected chi connectivity index (χ3v) is 10.2. The fourth-order valence-electron chi connectivity index (χ4n) is 3.45. The Morgan fingerprint density at radius 1 is 0.679 bits per heavy atom. The average molecular weight is 551 g/mol. The predicted molar refractivity (Wildman–Crippen MR) is 129 cm³/mol. The Balaban J connectivity index is 1.95. The molecule has 0 aromatic carbocycles. The summed E-state index contributed by atoms with van der Waals surface area (Å²) in [5, 5.41) is 4.89. The van der Waals surface area contributed by atoms with Crippen LogP contribution >= 0.6 is 93.1 Å². The first-order valence-corrected chi connectivity index (χ1v) is 13.7. The molecule has 0 aromatic rings. The second-order valence-electron chi connectivity index (χ2n) is 7.25. The number of carbonyl (C=O) groups excluding carboxylic acids is 1. The van der Waals surface area contributed by atoms with E-state index in [2.05, 4.69) is 10.6 Å². The van der Waals surface area contributed by atoms with Crippen LogP contribution in [0.2, 0.25) is 0 Å². The van der Waals surface area contributed by atoms with Gasteiger partial charge in [-0.25, -0.2) is 4.79 Å². The molecule has 0 spiro atoms. The monoisotopic (exact) mass is 548 g/mol. The first-order valence-electron chi connectivity index (χ1n) is 9.57. The number of alkyl halides is 6. The highest BCUT2D eigenvalue weighted by atomic mass is 35.6. The Morgan fingerprint density at radius 2 is 1.00 bits per heavy atom. The minimum absolute atomic E-state index is 0.357. The van der Waals surface area contributed by atoms with Crippen molar-refractivity contribution in [2.75, 3.05) is 0 Å². The summed E-state index contributed by atoms with van der Waals surface area (Å²) in [5.41, 5.74) is 0. The molecule has 2 rings (SSSR count). The van der Waals surface area contributed by atoms with Crippen molar-refractivity contribution in [1.29, 1.82) is 0 Å². The molecule has 0 unspecified atom stereocenters. The smallest absolute Gasteiger partial charge is 0.316 e. The second-order valence-corrected chi connectivity index (χ2v) is 14.8.